The lowest BCUT2D eigenvalue weighted by molar-refractivity contribution is 1.03. The predicted molar refractivity (Wildman–Crippen MR) is 50.3 cm³/mol. The Labute approximate surface area is 74.4 Å². The van der Waals surface area contributed by atoms with Crippen molar-refractivity contribution < 1.29 is 0 Å². The van der Waals surface area contributed by atoms with Crippen molar-refractivity contribution in [3.8, 4) is 0 Å². The molecule has 2 heterocycles. The van der Waals surface area contributed by atoms with Crippen LogP contribution in [0.15, 0.2) is 29.3 Å². The average molecular weight is 175 g/mol. The van der Waals surface area contributed by atoms with E-state index in [-0.39, 0.29) is 12.1 Å². The van der Waals surface area contributed by atoms with Crippen LogP contribution in [0.2, 0.25) is 0 Å². The van der Waals surface area contributed by atoms with Gasteiger partial charge in [0.05, 0.1) is 5.52 Å². The minimum absolute atomic E-state index is 0.124. The Bertz CT molecular complexity index is 489. The standard InChI is InChI=1S/C9H9N3O/c10-4-6-3-7-5-11-2-1-8(7)12-9(6)13/h1-3,5H,4,10H2,(H,12,13). The number of aromatic amines is 1. The van der Waals surface area contributed by atoms with Crippen molar-refractivity contribution in [2.75, 3.05) is 0 Å². The zero-order valence-electron chi connectivity index (χ0n) is 6.95. The van der Waals surface area contributed by atoms with Crippen molar-refractivity contribution >= 4 is 10.9 Å². The molecule has 0 aromatic carbocycles. The maximum absolute atomic E-state index is 11.3. The molecule has 0 aliphatic rings. The first-order valence-corrected chi connectivity index (χ1v) is 3.97. The summed E-state index contributed by atoms with van der Waals surface area (Å²) in [7, 11) is 0. The maximum atomic E-state index is 11.3. The van der Waals surface area contributed by atoms with Crippen LogP contribution in [-0.4, -0.2) is 9.97 Å². The molecule has 0 spiro atoms. The minimum atomic E-state index is -0.124. The Morgan fingerprint density at radius 3 is 3.15 bits per heavy atom. The van der Waals surface area contributed by atoms with Gasteiger partial charge in [-0.25, -0.2) is 0 Å². The molecule has 0 fully saturated rings. The second kappa shape index (κ2) is 2.99. The van der Waals surface area contributed by atoms with E-state index in [1.807, 2.05) is 0 Å². The van der Waals surface area contributed by atoms with E-state index in [9.17, 15) is 4.79 Å². The molecule has 0 radical (unpaired) electrons. The largest absolute Gasteiger partial charge is 0.326 e. The van der Waals surface area contributed by atoms with Crippen LogP contribution >= 0.6 is 0 Å². The van der Waals surface area contributed by atoms with Gasteiger partial charge in [-0.15, -0.1) is 0 Å². The van der Waals surface area contributed by atoms with Gasteiger partial charge in [-0.2, -0.15) is 0 Å². The van der Waals surface area contributed by atoms with Crippen molar-refractivity contribution in [1.82, 2.24) is 9.97 Å². The van der Waals surface area contributed by atoms with Crippen LogP contribution in [0.1, 0.15) is 5.56 Å². The lowest BCUT2D eigenvalue weighted by Crippen LogP contribution is -2.15. The Kier molecular flexibility index (Phi) is 1.83. The number of hydrogen-bond acceptors (Lipinski definition) is 3. The molecule has 4 heteroatoms. The fourth-order valence-electron chi connectivity index (χ4n) is 1.24. The Balaban J connectivity index is 2.81. The Morgan fingerprint density at radius 1 is 1.54 bits per heavy atom. The first-order chi connectivity index (χ1) is 6.31. The normalized spacial score (nSPS) is 10.5. The van der Waals surface area contributed by atoms with Crippen LogP contribution in [0.5, 0.6) is 0 Å². The zero-order valence-corrected chi connectivity index (χ0v) is 6.95. The number of hydrogen-bond donors (Lipinski definition) is 2. The SMILES string of the molecule is NCc1cc2cnccc2[nH]c1=O. The Morgan fingerprint density at radius 2 is 2.38 bits per heavy atom. The van der Waals surface area contributed by atoms with Crippen LogP contribution < -0.4 is 11.3 Å². The topological polar surface area (TPSA) is 71.8 Å². The van der Waals surface area contributed by atoms with E-state index >= 15 is 0 Å². The van der Waals surface area contributed by atoms with Gasteiger partial charge < -0.3 is 10.7 Å². The predicted octanol–water partition coefficient (Wildman–Crippen LogP) is 0.382. The molecule has 2 aromatic rings. The third kappa shape index (κ3) is 1.31. The Hall–Kier alpha value is -1.68. The molecule has 2 rings (SSSR count). The summed E-state index contributed by atoms with van der Waals surface area (Å²) >= 11 is 0. The molecule has 0 amide bonds. The number of H-pyrrole nitrogens is 1. The van der Waals surface area contributed by atoms with Gasteiger partial charge >= 0.3 is 0 Å². The molecular formula is C9H9N3O. The van der Waals surface area contributed by atoms with Crippen molar-refractivity contribution in [3.63, 3.8) is 0 Å². The van der Waals surface area contributed by atoms with Crippen molar-refractivity contribution in [2.45, 2.75) is 6.54 Å². The van der Waals surface area contributed by atoms with E-state index in [0.717, 1.165) is 10.9 Å². The van der Waals surface area contributed by atoms with Gasteiger partial charge in [-0.05, 0) is 12.1 Å². The van der Waals surface area contributed by atoms with Crippen molar-refractivity contribution in [1.29, 1.82) is 0 Å². The van der Waals surface area contributed by atoms with Crippen molar-refractivity contribution in [2.24, 2.45) is 5.73 Å². The smallest absolute Gasteiger partial charge is 0.252 e. The van der Waals surface area contributed by atoms with Crippen LogP contribution in [-0.2, 0) is 6.54 Å². The highest BCUT2D eigenvalue weighted by Crippen LogP contribution is 2.07. The van der Waals surface area contributed by atoms with E-state index in [2.05, 4.69) is 9.97 Å². The molecule has 0 atom stereocenters. The molecule has 0 bridgehead atoms. The number of aromatic nitrogens is 2. The number of nitrogens with zero attached hydrogens (tertiary/aromatic N) is 1. The van der Waals surface area contributed by atoms with E-state index in [4.69, 9.17) is 5.73 Å². The summed E-state index contributed by atoms with van der Waals surface area (Å²) in [4.78, 5) is 18.0. The fourth-order valence-corrected chi connectivity index (χ4v) is 1.24. The van der Waals surface area contributed by atoms with Gasteiger partial charge in [0, 0.05) is 29.9 Å². The van der Waals surface area contributed by atoms with Gasteiger partial charge in [0.25, 0.3) is 5.56 Å². The summed E-state index contributed by atoms with van der Waals surface area (Å²) in [6.45, 7) is 0.250. The molecule has 2 aromatic heterocycles. The lowest BCUT2D eigenvalue weighted by atomic mass is 10.2. The van der Waals surface area contributed by atoms with Crippen LogP contribution in [0.3, 0.4) is 0 Å². The third-order valence-electron chi connectivity index (χ3n) is 1.94. The zero-order chi connectivity index (χ0) is 9.26. The first kappa shape index (κ1) is 7.94. The number of nitrogens with two attached hydrogens (primary N) is 1. The first-order valence-electron chi connectivity index (χ1n) is 3.97. The highest BCUT2D eigenvalue weighted by atomic mass is 16.1. The molecule has 13 heavy (non-hydrogen) atoms. The number of rotatable bonds is 1. The van der Waals surface area contributed by atoms with Gasteiger partial charge in [0.2, 0.25) is 0 Å². The molecular weight excluding hydrogens is 166 g/mol. The lowest BCUT2D eigenvalue weighted by Gasteiger charge is -1.98. The molecule has 0 saturated carbocycles. The monoisotopic (exact) mass is 175 g/mol. The highest BCUT2D eigenvalue weighted by molar-refractivity contribution is 5.77. The van der Waals surface area contributed by atoms with Gasteiger partial charge in [-0.3, -0.25) is 9.78 Å². The molecule has 4 nitrogen and oxygen atoms in total. The summed E-state index contributed by atoms with van der Waals surface area (Å²) < 4.78 is 0. The summed E-state index contributed by atoms with van der Waals surface area (Å²) in [6, 6.07) is 3.53. The molecule has 0 aliphatic heterocycles. The van der Waals surface area contributed by atoms with E-state index < -0.39 is 0 Å². The number of pyridine rings is 2. The second-order valence-corrected chi connectivity index (χ2v) is 2.79. The van der Waals surface area contributed by atoms with Gasteiger partial charge in [0.1, 0.15) is 0 Å². The minimum Gasteiger partial charge on any atom is -0.326 e. The quantitative estimate of drug-likeness (QED) is 0.658. The highest BCUT2D eigenvalue weighted by Gasteiger charge is 1.99. The average Bonchev–Trinajstić information content (AvgIpc) is 2.17. The van der Waals surface area contributed by atoms with Crippen molar-refractivity contribution in [3.05, 3.63) is 40.4 Å². The van der Waals surface area contributed by atoms with Crippen LogP contribution in [0.25, 0.3) is 10.9 Å². The summed E-state index contributed by atoms with van der Waals surface area (Å²) in [5.74, 6) is 0. The maximum Gasteiger partial charge on any atom is 0.252 e. The summed E-state index contributed by atoms with van der Waals surface area (Å²) in [5.41, 5.74) is 6.65. The summed E-state index contributed by atoms with van der Waals surface area (Å²) in [6.07, 6.45) is 3.34. The molecule has 0 aliphatic carbocycles. The molecule has 3 N–H and O–H groups in total. The van der Waals surface area contributed by atoms with Gasteiger partial charge in [0.15, 0.2) is 0 Å². The number of fused-ring (bicyclic) bond motifs is 1. The van der Waals surface area contributed by atoms with E-state index in [0.29, 0.717) is 5.56 Å². The van der Waals surface area contributed by atoms with E-state index in [1.165, 1.54) is 0 Å². The second-order valence-electron chi connectivity index (χ2n) is 2.79. The number of nitrogens with one attached hydrogen (secondary N) is 1. The van der Waals surface area contributed by atoms with Crippen LogP contribution in [0, 0.1) is 0 Å². The van der Waals surface area contributed by atoms with Gasteiger partial charge in [-0.1, -0.05) is 0 Å². The molecule has 66 valence electrons. The fraction of sp³-hybridized carbons (Fsp3) is 0.111. The van der Waals surface area contributed by atoms with Crippen LogP contribution in [0.4, 0.5) is 0 Å². The molecule has 0 saturated heterocycles. The van der Waals surface area contributed by atoms with E-state index in [1.54, 1.807) is 24.5 Å². The summed E-state index contributed by atoms with van der Waals surface area (Å²) in [5, 5.41) is 0.905. The molecule has 0 unspecified atom stereocenters. The third-order valence-corrected chi connectivity index (χ3v) is 1.94.